The van der Waals surface area contributed by atoms with Gasteiger partial charge in [-0.2, -0.15) is 5.26 Å². The number of nitriles is 1. The molecule has 0 N–H and O–H groups in total. The molecule has 5 aromatic rings. The molecule has 0 saturated heterocycles. The number of hydrogen-bond acceptors (Lipinski definition) is 5. The minimum atomic E-state index is 0.00130. The van der Waals surface area contributed by atoms with Gasteiger partial charge in [-0.05, 0) is 89.7 Å². The molecule has 200 valence electrons. The Hall–Kier alpha value is -4.69. The highest BCUT2D eigenvalue weighted by Crippen LogP contribution is 2.88. The van der Waals surface area contributed by atoms with Gasteiger partial charge in [0.15, 0.2) is 17.5 Å². The number of aromatic nitrogens is 4. The molecule has 5 nitrogen and oxygen atoms in total. The van der Waals surface area contributed by atoms with Gasteiger partial charge >= 0.3 is 0 Å². The molecule has 5 heteroatoms. The van der Waals surface area contributed by atoms with E-state index in [0.29, 0.717) is 40.3 Å². The van der Waals surface area contributed by atoms with E-state index in [0.717, 1.165) is 28.5 Å². The van der Waals surface area contributed by atoms with E-state index in [4.69, 9.17) is 15.0 Å². The second kappa shape index (κ2) is 7.77. The average Bonchev–Trinajstić information content (AvgIpc) is 3.65. The van der Waals surface area contributed by atoms with Crippen LogP contribution in [0.15, 0.2) is 91.3 Å². The topological polar surface area (TPSA) is 75.3 Å². The molecule has 0 amide bonds. The molecule has 0 aliphatic heterocycles. The summed E-state index contributed by atoms with van der Waals surface area (Å²) >= 11 is 0. The standard InChI is InChI=1S/C37H27N5/c38-19-23-13-28-29-20-39-12-11-30(29)37(26-15-24-14-25-16-32(37)36(24,25)18-26)31(28)17-27(23)35-41-33(21-7-3-1-4-8-21)40-34(42-35)22-9-5-2-6-10-22/h1-13,17,20,24-26,32H,14-16,18H2. The van der Waals surface area contributed by atoms with E-state index in [1.807, 2.05) is 73.1 Å². The van der Waals surface area contributed by atoms with Crippen molar-refractivity contribution in [2.45, 2.75) is 31.1 Å². The fourth-order valence-electron chi connectivity index (χ4n) is 10.4. The van der Waals surface area contributed by atoms with Crippen LogP contribution >= 0.6 is 0 Å². The number of fused-ring (bicyclic) bond motifs is 8. The summed E-state index contributed by atoms with van der Waals surface area (Å²) < 4.78 is 0. The molecule has 10 rings (SSSR count). The largest absolute Gasteiger partial charge is 0.264 e. The molecule has 4 saturated carbocycles. The molecule has 5 aliphatic carbocycles. The molecule has 6 unspecified atom stereocenters. The first-order valence-electron chi connectivity index (χ1n) is 15.1. The second-order valence-electron chi connectivity index (χ2n) is 13.1. The summed E-state index contributed by atoms with van der Waals surface area (Å²) in [5.41, 5.74) is 9.00. The number of hydrogen-bond donors (Lipinski definition) is 0. The third-order valence-electron chi connectivity index (χ3n) is 11.8. The summed E-state index contributed by atoms with van der Waals surface area (Å²) in [7, 11) is 0. The first-order chi connectivity index (χ1) is 20.7. The Morgan fingerprint density at radius 3 is 2.00 bits per heavy atom. The number of pyridine rings is 1. The van der Waals surface area contributed by atoms with E-state index in [2.05, 4.69) is 29.3 Å². The fourth-order valence-corrected chi connectivity index (χ4v) is 10.4. The van der Waals surface area contributed by atoms with E-state index in [1.54, 1.807) is 0 Å². The summed E-state index contributed by atoms with van der Waals surface area (Å²) in [6.07, 6.45) is 9.45. The molecule has 6 atom stereocenters. The van der Waals surface area contributed by atoms with Gasteiger partial charge < -0.3 is 0 Å². The zero-order valence-electron chi connectivity index (χ0n) is 23.0. The van der Waals surface area contributed by atoms with E-state index < -0.39 is 0 Å². The van der Waals surface area contributed by atoms with E-state index >= 15 is 0 Å². The van der Waals surface area contributed by atoms with Crippen molar-refractivity contribution in [3.05, 3.63) is 108 Å². The maximum atomic E-state index is 10.5. The van der Waals surface area contributed by atoms with Crippen LogP contribution in [0.4, 0.5) is 0 Å². The van der Waals surface area contributed by atoms with Crippen LogP contribution in [0.1, 0.15) is 42.4 Å². The first kappa shape index (κ1) is 22.9. The molecule has 2 heterocycles. The normalized spacial score (nSPS) is 30.2. The highest BCUT2D eigenvalue weighted by Gasteiger charge is 2.82. The van der Waals surface area contributed by atoms with Gasteiger partial charge in [-0.1, -0.05) is 60.7 Å². The van der Waals surface area contributed by atoms with Crippen molar-refractivity contribution >= 4 is 0 Å². The molecule has 42 heavy (non-hydrogen) atoms. The highest BCUT2D eigenvalue weighted by atomic mass is 15.0. The van der Waals surface area contributed by atoms with Crippen LogP contribution in [0.25, 0.3) is 45.3 Å². The molecule has 2 spiro atoms. The minimum absolute atomic E-state index is 0.00130. The highest BCUT2D eigenvalue weighted by molar-refractivity contribution is 5.86. The smallest absolute Gasteiger partial charge is 0.165 e. The minimum Gasteiger partial charge on any atom is -0.264 e. The van der Waals surface area contributed by atoms with E-state index in [1.165, 1.54) is 47.9 Å². The molecule has 2 bridgehead atoms. The Bertz CT molecular complexity index is 1940. The molecule has 0 radical (unpaired) electrons. The van der Waals surface area contributed by atoms with Crippen LogP contribution in [0.2, 0.25) is 0 Å². The predicted octanol–water partition coefficient (Wildman–Crippen LogP) is 7.47. The molecule has 3 aromatic carbocycles. The Morgan fingerprint density at radius 1 is 0.667 bits per heavy atom. The number of benzene rings is 3. The van der Waals surface area contributed by atoms with Crippen molar-refractivity contribution in [1.29, 1.82) is 5.26 Å². The Morgan fingerprint density at radius 2 is 1.33 bits per heavy atom. The van der Waals surface area contributed by atoms with Gasteiger partial charge in [-0.25, -0.2) is 15.0 Å². The fraction of sp³-hybridized carbons (Fsp3) is 0.270. The average molecular weight is 542 g/mol. The van der Waals surface area contributed by atoms with Crippen LogP contribution in [-0.4, -0.2) is 19.9 Å². The van der Waals surface area contributed by atoms with Gasteiger partial charge in [0.2, 0.25) is 0 Å². The van der Waals surface area contributed by atoms with E-state index in [9.17, 15) is 5.26 Å². The van der Waals surface area contributed by atoms with Crippen LogP contribution in [0.5, 0.6) is 0 Å². The van der Waals surface area contributed by atoms with Crippen molar-refractivity contribution in [3.63, 3.8) is 0 Å². The quantitative estimate of drug-likeness (QED) is 0.237. The zero-order valence-corrected chi connectivity index (χ0v) is 23.0. The van der Waals surface area contributed by atoms with Gasteiger partial charge in [-0.15, -0.1) is 0 Å². The van der Waals surface area contributed by atoms with Crippen molar-refractivity contribution in [1.82, 2.24) is 19.9 Å². The van der Waals surface area contributed by atoms with Crippen LogP contribution in [-0.2, 0) is 5.41 Å². The van der Waals surface area contributed by atoms with Crippen molar-refractivity contribution in [3.8, 4) is 51.4 Å². The monoisotopic (exact) mass is 541 g/mol. The SMILES string of the molecule is N#Cc1cc2c(cc1-c1nc(-c3ccccc3)nc(-c3ccccc3)n1)C1(c3ccncc3-2)C2CC3CC4CC1C34C2. The van der Waals surface area contributed by atoms with Gasteiger partial charge in [0, 0.05) is 40.1 Å². The molecular formula is C37H27N5. The van der Waals surface area contributed by atoms with Crippen molar-refractivity contribution < 1.29 is 0 Å². The summed E-state index contributed by atoms with van der Waals surface area (Å²) in [6, 6.07) is 29.3. The maximum Gasteiger partial charge on any atom is 0.165 e. The number of nitrogens with zero attached hydrogens (tertiary/aromatic N) is 5. The van der Waals surface area contributed by atoms with Crippen LogP contribution in [0.3, 0.4) is 0 Å². The Labute approximate surface area is 244 Å². The predicted molar refractivity (Wildman–Crippen MR) is 160 cm³/mol. The summed E-state index contributed by atoms with van der Waals surface area (Å²) in [6.45, 7) is 0. The van der Waals surface area contributed by atoms with Crippen molar-refractivity contribution in [2.24, 2.45) is 29.1 Å². The molecular weight excluding hydrogens is 514 g/mol. The lowest BCUT2D eigenvalue weighted by atomic mass is 9.34. The van der Waals surface area contributed by atoms with Gasteiger partial charge in [0.1, 0.15) is 0 Å². The molecule has 5 aliphatic rings. The lowest BCUT2D eigenvalue weighted by molar-refractivity contribution is -0.193. The first-order valence-corrected chi connectivity index (χ1v) is 15.1. The third kappa shape index (κ3) is 2.56. The zero-order chi connectivity index (χ0) is 27.6. The van der Waals surface area contributed by atoms with Gasteiger partial charge in [0.25, 0.3) is 0 Å². The summed E-state index contributed by atoms with van der Waals surface area (Å²) in [5, 5.41) is 10.5. The third-order valence-corrected chi connectivity index (χ3v) is 11.8. The van der Waals surface area contributed by atoms with Gasteiger partial charge in [-0.3, -0.25) is 4.98 Å². The lowest BCUT2D eigenvalue weighted by Gasteiger charge is -2.70. The lowest BCUT2D eigenvalue weighted by Crippen LogP contribution is -2.65. The second-order valence-corrected chi connectivity index (χ2v) is 13.1. The Balaban J connectivity index is 1.23. The molecule has 2 aromatic heterocycles. The maximum absolute atomic E-state index is 10.5. The van der Waals surface area contributed by atoms with Crippen molar-refractivity contribution in [2.75, 3.05) is 0 Å². The van der Waals surface area contributed by atoms with E-state index in [-0.39, 0.29) is 5.41 Å². The number of rotatable bonds is 3. The van der Waals surface area contributed by atoms with Gasteiger partial charge in [0.05, 0.1) is 11.6 Å². The van der Waals surface area contributed by atoms with Crippen LogP contribution in [0, 0.1) is 40.4 Å². The Kier molecular flexibility index (Phi) is 4.25. The summed E-state index contributed by atoms with van der Waals surface area (Å²) in [5.74, 6) is 4.92. The summed E-state index contributed by atoms with van der Waals surface area (Å²) in [4.78, 5) is 19.5. The van der Waals surface area contributed by atoms with Crippen LogP contribution < -0.4 is 0 Å². The molecule has 4 fully saturated rings.